The first-order chi connectivity index (χ1) is 11.3. The van der Waals surface area contributed by atoms with Gasteiger partial charge in [-0.25, -0.2) is 4.79 Å². The van der Waals surface area contributed by atoms with E-state index in [-0.39, 0.29) is 19.8 Å². The third kappa shape index (κ3) is 17.0. The number of rotatable bonds is 13. The van der Waals surface area contributed by atoms with E-state index < -0.39 is 17.7 Å². The van der Waals surface area contributed by atoms with E-state index in [0.717, 1.165) is 13.0 Å². The Morgan fingerprint density at radius 2 is 1.33 bits per heavy atom. The molecule has 0 saturated heterocycles. The molecule has 8 nitrogen and oxygen atoms in total. The lowest BCUT2D eigenvalue weighted by atomic mass is 10.2. The van der Waals surface area contributed by atoms with Crippen LogP contribution in [0, 0.1) is 0 Å². The van der Waals surface area contributed by atoms with Crippen molar-refractivity contribution in [1.29, 1.82) is 0 Å². The van der Waals surface area contributed by atoms with Gasteiger partial charge in [-0.15, -0.1) is 0 Å². The molecule has 0 aromatic carbocycles. The van der Waals surface area contributed by atoms with Crippen molar-refractivity contribution in [2.24, 2.45) is 0 Å². The predicted octanol–water partition coefficient (Wildman–Crippen LogP) is 1.51. The maximum absolute atomic E-state index is 11.4. The Morgan fingerprint density at radius 1 is 0.833 bits per heavy atom. The number of hydrogen-bond acceptors (Lipinski definition) is 7. The molecule has 0 atom stereocenters. The highest BCUT2D eigenvalue weighted by atomic mass is 16.6. The minimum Gasteiger partial charge on any atom is -0.462 e. The fourth-order valence-electron chi connectivity index (χ4n) is 1.41. The van der Waals surface area contributed by atoms with Gasteiger partial charge < -0.3 is 29.0 Å². The molecule has 1 N–H and O–H groups in total. The average molecular weight is 349 g/mol. The molecule has 0 aromatic rings. The van der Waals surface area contributed by atoms with Crippen LogP contribution < -0.4 is 5.32 Å². The summed E-state index contributed by atoms with van der Waals surface area (Å²) in [5.41, 5.74) is -0.605. The van der Waals surface area contributed by atoms with Crippen LogP contribution in [0.4, 0.5) is 4.79 Å². The zero-order valence-corrected chi connectivity index (χ0v) is 15.2. The van der Waals surface area contributed by atoms with Crippen molar-refractivity contribution in [3.63, 3.8) is 0 Å². The van der Waals surface area contributed by atoms with Crippen LogP contribution in [-0.4, -0.2) is 70.5 Å². The Balaban J connectivity index is 3.36. The standard InChI is InChI=1S/C16H31NO7/c1-5-6-20-7-8-21-9-10-22-11-12-23-14(18)13-17-15(19)24-16(2,3)4/h5-13H2,1-4H3,(H,17,19). The van der Waals surface area contributed by atoms with Gasteiger partial charge in [-0.1, -0.05) is 6.92 Å². The second-order valence-corrected chi connectivity index (χ2v) is 5.91. The molecule has 0 fully saturated rings. The van der Waals surface area contributed by atoms with Crippen molar-refractivity contribution < 1.29 is 33.3 Å². The van der Waals surface area contributed by atoms with Gasteiger partial charge in [-0.05, 0) is 27.2 Å². The number of carbonyl (C=O) groups is 2. The fraction of sp³-hybridized carbons (Fsp3) is 0.875. The molecule has 0 radical (unpaired) electrons. The van der Waals surface area contributed by atoms with E-state index in [9.17, 15) is 9.59 Å². The molecule has 0 aliphatic carbocycles. The quantitative estimate of drug-likeness (QED) is 0.398. The van der Waals surface area contributed by atoms with Gasteiger partial charge in [0.05, 0.1) is 33.0 Å². The monoisotopic (exact) mass is 349 g/mol. The molecular formula is C16H31NO7. The summed E-state index contributed by atoms with van der Waals surface area (Å²) in [6.07, 6.45) is 0.338. The Hall–Kier alpha value is -1.38. The molecule has 0 aliphatic rings. The molecule has 0 bridgehead atoms. The molecule has 142 valence electrons. The van der Waals surface area contributed by atoms with Gasteiger partial charge in [0.15, 0.2) is 0 Å². The first-order valence-electron chi connectivity index (χ1n) is 8.21. The summed E-state index contributed by atoms with van der Waals surface area (Å²) >= 11 is 0. The summed E-state index contributed by atoms with van der Waals surface area (Å²) < 4.78 is 25.7. The van der Waals surface area contributed by atoms with E-state index in [1.807, 2.05) is 0 Å². The van der Waals surface area contributed by atoms with Crippen molar-refractivity contribution in [3.05, 3.63) is 0 Å². The Bertz CT molecular complexity index is 342. The van der Waals surface area contributed by atoms with Crippen LogP contribution in [0.5, 0.6) is 0 Å². The second-order valence-electron chi connectivity index (χ2n) is 5.91. The van der Waals surface area contributed by atoms with Gasteiger partial charge >= 0.3 is 12.1 Å². The van der Waals surface area contributed by atoms with Gasteiger partial charge in [-0.2, -0.15) is 0 Å². The van der Waals surface area contributed by atoms with Crippen molar-refractivity contribution in [1.82, 2.24) is 5.32 Å². The summed E-state index contributed by atoms with van der Waals surface area (Å²) in [7, 11) is 0. The van der Waals surface area contributed by atoms with E-state index in [1.165, 1.54) is 0 Å². The van der Waals surface area contributed by atoms with E-state index in [0.29, 0.717) is 26.4 Å². The van der Waals surface area contributed by atoms with Crippen LogP contribution in [-0.2, 0) is 28.5 Å². The Morgan fingerprint density at radius 3 is 1.83 bits per heavy atom. The molecule has 24 heavy (non-hydrogen) atoms. The van der Waals surface area contributed by atoms with Crippen molar-refractivity contribution in [2.75, 3.05) is 52.8 Å². The predicted molar refractivity (Wildman–Crippen MR) is 87.9 cm³/mol. The van der Waals surface area contributed by atoms with E-state index >= 15 is 0 Å². The summed E-state index contributed by atoms with van der Waals surface area (Å²) in [6.45, 7) is 10.2. The lowest BCUT2D eigenvalue weighted by Crippen LogP contribution is -2.36. The molecule has 0 heterocycles. The lowest BCUT2D eigenvalue weighted by Gasteiger charge is -2.19. The number of nitrogens with one attached hydrogen (secondary N) is 1. The summed E-state index contributed by atoms with van der Waals surface area (Å²) in [5.74, 6) is -0.547. The third-order valence-electron chi connectivity index (χ3n) is 2.36. The zero-order valence-electron chi connectivity index (χ0n) is 15.2. The van der Waals surface area contributed by atoms with E-state index in [4.69, 9.17) is 23.7 Å². The Kier molecular flexibility index (Phi) is 13.2. The molecular weight excluding hydrogens is 318 g/mol. The van der Waals surface area contributed by atoms with Gasteiger partial charge in [-0.3, -0.25) is 4.79 Å². The molecule has 1 amide bonds. The molecule has 0 saturated carbocycles. The minimum absolute atomic E-state index is 0.119. The number of alkyl carbamates (subject to hydrolysis) is 1. The molecule has 0 unspecified atom stereocenters. The first-order valence-corrected chi connectivity index (χ1v) is 8.21. The van der Waals surface area contributed by atoms with Crippen LogP contribution >= 0.6 is 0 Å². The van der Waals surface area contributed by atoms with Gasteiger partial charge in [0, 0.05) is 6.61 Å². The van der Waals surface area contributed by atoms with Crippen LogP contribution in [0.2, 0.25) is 0 Å². The second kappa shape index (κ2) is 14.0. The largest absolute Gasteiger partial charge is 0.462 e. The maximum Gasteiger partial charge on any atom is 0.408 e. The smallest absolute Gasteiger partial charge is 0.408 e. The molecule has 0 rings (SSSR count). The lowest BCUT2D eigenvalue weighted by molar-refractivity contribution is -0.144. The summed E-state index contributed by atoms with van der Waals surface area (Å²) in [6, 6.07) is 0. The van der Waals surface area contributed by atoms with Crippen LogP contribution in [0.15, 0.2) is 0 Å². The molecule has 0 aromatic heterocycles. The molecule has 0 aliphatic heterocycles. The van der Waals surface area contributed by atoms with Crippen LogP contribution in [0.3, 0.4) is 0 Å². The maximum atomic E-state index is 11.4. The fourth-order valence-corrected chi connectivity index (χ4v) is 1.41. The summed E-state index contributed by atoms with van der Waals surface area (Å²) in [4.78, 5) is 22.7. The number of hydrogen-bond donors (Lipinski definition) is 1. The average Bonchev–Trinajstić information content (AvgIpc) is 2.49. The number of esters is 1. The SMILES string of the molecule is CCCOCCOCCOCCOC(=O)CNC(=O)OC(C)(C)C. The normalized spacial score (nSPS) is 11.2. The topological polar surface area (TPSA) is 92.3 Å². The van der Waals surface area contributed by atoms with E-state index in [2.05, 4.69) is 12.2 Å². The molecule has 0 spiro atoms. The van der Waals surface area contributed by atoms with Gasteiger partial charge in [0.1, 0.15) is 18.8 Å². The van der Waals surface area contributed by atoms with Crippen LogP contribution in [0.1, 0.15) is 34.1 Å². The van der Waals surface area contributed by atoms with Crippen LogP contribution in [0.25, 0.3) is 0 Å². The van der Waals surface area contributed by atoms with Gasteiger partial charge in [0.25, 0.3) is 0 Å². The van der Waals surface area contributed by atoms with Crippen molar-refractivity contribution in [2.45, 2.75) is 39.7 Å². The molecule has 8 heteroatoms. The number of ether oxygens (including phenoxy) is 5. The number of amides is 1. The third-order valence-corrected chi connectivity index (χ3v) is 2.36. The summed E-state index contributed by atoms with van der Waals surface area (Å²) in [5, 5.41) is 2.32. The highest BCUT2D eigenvalue weighted by molar-refractivity contribution is 5.77. The number of carbonyl (C=O) groups excluding carboxylic acids is 2. The minimum atomic E-state index is -0.657. The Labute approximate surface area is 144 Å². The first kappa shape index (κ1) is 22.6. The zero-order chi connectivity index (χ0) is 18.3. The van der Waals surface area contributed by atoms with E-state index in [1.54, 1.807) is 20.8 Å². The van der Waals surface area contributed by atoms with Crippen molar-refractivity contribution >= 4 is 12.1 Å². The van der Waals surface area contributed by atoms with Gasteiger partial charge in [0.2, 0.25) is 0 Å². The highest BCUT2D eigenvalue weighted by Gasteiger charge is 2.16. The highest BCUT2D eigenvalue weighted by Crippen LogP contribution is 2.06. The van der Waals surface area contributed by atoms with Crippen molar-refractivity contribution in [3.8, 4) is 0 Å².